The van der Waals surface area contributed by atoms with E-state index in [0.717, 1.165) is 12.0 Å². The highest BCUT2D eigenvalue weighted by atomic mass is 35.5. The molecule has 0 aromatic heterocycles. The van der Waals surface area contributed by atoms with E-state index in [4.69, 9.17) is 11.6 Å². The molecule has 1 unspecified atom stereocenters. The molecule has 0 aliphatic carbocycles. The first-order valence-electron chi connectivity index (χ1n) is 4.09. The number of hydrogen-bond acceptors (Lipinski definition) is 0. The van der Waals surface area contributed by atoms with E-state index in [1.807, 2.05) is 6.07 Å². The minimum atomic E-state index is -0.184. The van der Waals surface area contributed by atoms with Gasteiger partial charge >= 0.3 is 0 Å². The normalized spacial score (nSPS) is 12.9. The highest BCUT2D eigenvalue weighted by Gasteiger charge is 2.07. The third kappa shape index (κ3) is 2.21. The second-order valence-electron chi connectivity index (χ2n) is 2.81. The van der Waals surface area contributed by atoms with Gasteiger partial charge in [0, 0.05) is 5.88 Å². The summed E-state index contributed by atoms with van der Waals surface area (Å²) in [6, 6.07) is 6.64. The highest BCUT2D eigenvalue weighted by Crippen LogP contribution is 2.21. The van der Waals surface area contributed by atoms with Crippen molar-refractivity contribution < 1.29 is 4.39 Å². The van der Waals surface area contributed by atoms with Gasteiger partial charge in [0.2, 0.25) is 0 Å². The van der Waals surface area contributed by atoms with Crippen molar-refractivity contribution in [2.75, 3.05) is 5.88 Å². The molecule has 0 radical (unpaired) electrons. The standard InChI is InChI=1S/C10H12ClF/c1-2-8(7-11)9-4-3-5-10(12)6-9/h3-6,8H,2,7H2,1H3. The summed E-state index contributed by atoms with van der Waals surface area (Å²) in [5.74, 6) is 0.651. The van der Waals surface area contributed by atoms with Gasteiger partial charge in [-0.3, -0.25) is 0 Å². The van der Waals surface area contributed by atoms with E-state index >= 15 is 0 Å². The Balaban J connectivity index is 2.85. The average Bonchev–Trinajstić information content (AvgIpc) is 2.07. The summed E-state index contributed by atoms with van der Waals surface area (Å²) in [6.07, 6.45) is 0.951. The maximum atomic E-state index is 12.8. The molecule has 0 spiro atoms. The Kier molecular flexibility index (Phi) is 3.54. The van der Waals surface area contributed by atoms with Gasteiger partial charge in [0.1, 0.15) is 5.82 Å². The van der Waals surface area contributed by atoms with Gasteiger partial charge in [0.05, 0.1) is 0 Å². The van der Waals surface area contributed by atoms with E-state index in [0.29, 0.717) is 5.88 Å². The third-order valence-electron chi connectivity index (χ3n) is 2.00. The van der Waals surface area contributed by atoms with E-state index in [-0.39, 0.29) is 11.7 Å². The van der Waals surface area contributed by atoms with E-state index < -0.39 is 0 Å². The Bertz CT molecular complexity index is 243. The molecular formula is C10H12ClF. The lowest BCUT2D eigenvalue weighted by molar-refractivity contribution is 0.620. The summed E-state index contributed by atoms with van der Waals surface area (Å²) in [5.41, 5.74) is 0.993. The maximum Gasteiger partial charge on any atom is 0.123 e. The zero-order valence-corrected chi connectivity index (χ0v) is 7.81. The fraction of sp³-hybridized carbons (Fsp3) is 0.400. The van der Waals surface area contributed by atoms with Gasteiger partial charge in [-0.1, -0.05) is 19.1 Å². The summed E-state index contributed by atoms with van der Waals surface area (Å²) in [4.78, 5) is 0. The van der Waals surface area contributed by atoms with Gasteiger partial charge in [0.25, 0.3) is 0 Å². The molecule has 0 bridgehead atoms. The number of rotatable bonds is 3. The molecule has 0 N–H and O–H groups in total. The van der Waals surface area contributed by atoms with E-state index in [2.05, 4.69) is 6.92 Å². The lowest BCUT2D eigenvalue weighted by Crippen LogP contribution is -1.98. The van der Waals surface area contributed by atoms with Crippen LogP contribution in [0.1, 0.15) is 24.8 Å². The molecule has 1 rings (SSSR count). The molecule has 66 valence electrons. The van der Waals surface area contributed by atoms with Crippen molar-refractivity contribution >= 4 is 11.6 Å². The number of alkyl halides is 1. The molecule has 1 atom stereocenters. The predicted octanol–water partition coefficient (Wildman–Crippen LogP) is 3.56. The second-order valence-corrected chi connectivity index (χ2v) is 3.12. The maximum absolute atomic E-state index is 12.8. The lowest BCUT2D eigenvalue weighted by Gasteiger charge is -2.10. The van der Waals surface area contributed by atoms with Gasteiger partial charge in [-0.05, 0) is 30.0 Å². The van der Waals surface area contributed by atoms with Crippen LogP contribution in [-0.2, 0) is 0 Å². The van der Waals surface area contributed by atoms with Gasteiger partial charge in [-0.2, -0.15) is 0 Å². The predicted molar refractivity (Wildman–Crippen MR) is 50.2 cm³/mol. The van der Waals surface area contributed by atoms with Crippen molar-refractivity contribution in [3.63, 3.8) is 0 Å². The molecule has 1 aromatic carbocycles. The summed E-state index contributed by atoms with van der Waals surface area (Å²) >= 11 is 5.73. The van der Waals surface area contributed by atoms with Crippen LogP contribution >= 0.6 is 11.6 Å². The van der Waals surface area contributed by atoms with Crippen LogP contribution in [0.2, 0.25) is 0 Å². The first-order valence-corrected chi connectivity index (χ1v) is 4.62. The van der Waals surface area contributed by atoms with Crippen LogP contribution in [0, 0.1) is 5.82 Å². The monoisotopic (exact) mass is 186 g/mol. The number of halogens is 2. The molecule has 0 saturated carbocycles. The average molecular weight is 187 g/mol. The highest BCUT2D eigenvalue weighted by molar-refractivity contribution is 6.18. The molecule has 0 fully saturated rings. The second kappa shape index (κ2) is 4.46. The van der Waals surface area contributed by atoms with Crippen LogP contribution in [0.25, 0.3) is 0 Å². The molecule has 0 saturated heterocycles. The summed E-state index contributed by atoms with van der Waals surface area (Å²) < 4.78 is 12.8. The van der Waals surface area contributed by atoms with Crippen molar-refractivity contribution in [3.05, 3.63) is 35.6 Å². The fourth-order valence-corrected chi connectivity index (χ4v) is 1.59. The van der Waals surface area contributed by atoms with Gasteiger partial charge in [-0.15, -0.1) is 11.6 Å². The molecule has 1 aromatic rings. The van der Waals surface area contributed by atoms with E-state index in [1.165, 1.54) is 6.07 Å². The zero-order chi connectivity index (χ0) is 8.97. The van der Waals surface area contributed by atoms with Crippen LogP contribution in [0.15, 0.2) is 24.3 Å². The topological polar surface area (TPSA) is 0 Å². The third-order valence-corrected chi connectivity index (χ3v) is 2.37. The summed E-state index contributed by atoms with van der Waals surface area (Å²) in [6.45, 7) is 2.05. The van der Waals surface area contributed by atoms with Crippen molar-refractivity contribution in [3.8, 4) is 0 Å². The molecule has 0 aliphatic heterocycles. The molecular weight excluding hydrogens is 175 g/mol. The first-order chi connectivity index (χ1) is 5.77. The Morgan fingerprint density at radius 1 is 1.50 bits per heavy atom. The smallest absolute Gasteiger partial charge is 0.123 e. The minimum absolute atomic E-state index is 0.184. The first kappa shape index (κ1) is 9.53. The van der Waals surface area contributed by atoms with Crippen molar-refractivity contribution in [1.29, 1.82) is 0 Å². The quantitative estimate of drug-likeness (QED) is 0.634. The van der Waals surface area contributed by atoms with E-state index in [1.54, 1.807) is 12.1 Å². The van der Waals surface area contributed by atoms with Crippen LogP contribution in [0.3, 0.4) is 0 Å². The lowest BCUT2D eigenvalue weighted by atomic mass is 9.99. The minimum Gasteiger partial charge on any atom is -0.207 e. The van der Waals surface area contributed by atoms with Crippen molar-refractivity contribution in [2.24, 2.45) is 0 Å². The van der Waals surface area contributed by atoms with Gasteiger partial charge < -0.3 is 0 Å². The summed E-state index contributed by atoms with van der Waals surface area (Å²) in [7, 11) is 0. The molecule has 0 aliphatic rings. The fourth-order valence-electron chi connectivity index (χ4n) is 1.19. The molecule has 2 heteroatoms. The molecule has 0 nitrogen and oxygen atoms in total. The molecule has 12 heavy (non-hydrogen) atoms. The Morgan fingerprint density at radius 3 is 2.75 bits per heavy atom. The molecule has 0 amide bonds. The largest absolute Gasteiger partial charge is 0.207 e. The Morgan fingerprint density at radius 2 is 2.25 bits per heavy atom. The molecule has 0 heterocycles. The number of benzene rings is 1. The van der Waals surface area contributed by atoms with Crippen LogP contribution in [0.4, 0.5) is 4.39 Å². The number of hydrogen-bond donors (Lipinski definition) is 0. The van der Waals surface area contributed by atoms with Crippen LogP contribution in [0.5, 0.6) is 0 Å². The SMILES string of the molecule is CCC(CCl)c1cccc(F)c1. The van der Waals surface area contributed by atoms with Crippen LogP contribution in [-0.4, -0.2) is 5.88 Å². The van der Waals surface area contributed by atoms with E-state index in [9.17, 15) is 4.39 Å². The summed E-state index contributed by atoms with van der Waals surface area (Å²) in [5, 5.41) is 0. The Hall–Kier alpha value is -0.560. The van der Waals surface area contributed by atoms with Gasteiger partial charge in [0.15, 0.2) is 0 Å². The Labute approximate surface area is 77.4 Å². The van der Waals surface area contributed by atoms with Crippen molar-refractivity contribution in [1.82, 2.24) is 0 Å². The van der Waals surface area contributed by atoms with Gasteiger partial charge in [-0.25, -0.2) is 4.39 Å². The zero-order valence-electron chi connectivity index (χ0n) is 7.06. The van der Waals surface area contributed by atoms with Crippen LogP contribution < -0.4 is 0 Å². The van der Waals surface area contributed by atoms with Crippen molar-refractivity contribution in [2.45, 2.75) is 19.3 Å².